The van der Waals surface area contributed by atoms with Crippen LogP contribution in [0.5, 0.6) is 0 Å². The summed E-state index contributed by atoms with van der Waals surface area (Å²) in [6.07, 6.45) is 3.25. The van der Waals surface area contributed by atoms with Crippen molar-refractivity contribution < 1.29 is 0 Å². The molecule has 19 heavy (non-hydrogen) atoms. The third kappa shape index (κ3) is 5.27. The van der Waals surface area contributed by atoms with Gasteiger partial charge in [0.05, 0.1) is 15.9 Å². The molecule has 0 bridgehead atoms. The topological polar surface area (TPSA) is 29.9 Å². The Bertz CT molecular complexity index is 404. The van der Waals surface area contributed by atoms with E-state index < -0.39 is 0 Å². The van der Waals surface area contributed by atoms with E-state index in [9.17, 15) is 0 Å². The van der Waals surface area contributed by atoms with Crippen LogP contribution in [0, 0.1) is 5.92 Å². The summed E-state index contributed by atoms with van der Waals surface area (Å²) >= 11 is 3.68. The predicted molar refractivity (Wildman–Crippen MR) is 85.5 cm³/mol. The van der Waals surface area contributed by atoms with E-state index in [4.69, 9.17) is 0 Å². The maximum Gasteiger partial charge on any atom is 0.0766 e. The Morgan fingerprint density at radius 1 is 1.37 bits per heavy atom. The number of rotatable bonds is 6. The van der Waals surface area contributed by atoms with Crippen molar-refractivity contribution in [3.63, 3.8) is 0 Å². The average molecular weight is 330 g/mol. The van der Waals surface area contributed by atoms with Crippen molar-refractivity contribution in [2.45, 2.75) is 59.4 Å². The van der Waals surface area contributed by atoms with Crippen LogP contribution in [-0.4, -0.2) is 21.9 Å². The van der Waals surface area contributed by atoms with Gasteiger partial charge in [-0.3, -0.25) is 4.68 Å². The van der Waals surface area contributed by atoms with Gasteiger partial charge in [-0.2, -0.15) is 5.10 Å². The van der Waals surface area contributed by atoms with Gasteiger partial charge in [0.1, 0.15) is 0 Å². The highest BCUT2D eigenvalue weighted by Crippen LogP contribution is 2.23. The standard InChI is InChI=1S/C15H28BrN3/c1-7-12-14(16)13(19(6)18-12)9-8-11(2)10-17-15(3,4)5/h11,17H,7-10H2,1-6H3. The van der Waals surface area contributed by atoms with E-state index in [0.717, 1.165) is 25.1 Å². The van der Waals surface area contributed by atoms with Crippen LogP contribution < -0.4 is 5.32 Å². The molecule has 3 nitrogen and oxygen atoms in total. The van der Waals surface area contributed by atoms with Crippen molar-refractivity contribution in [1.29, 1.82) is 0 Å². The van der Waals surface area contributed by atoms with Crippen molar-refractivity contribution in [3.05, 3.63) is 15.9 Å². The predicted octanol–water partition coefficient (Wildman–Crippen LogP) is 3.70. The first kappa shape index (κ1) is 16.7. The number of aryl methyl sites for hydroxylation is 2. The molecule has 0 fully saturated rings. The lowest BCUT2D eigenvalue weighted by Gasteiger charge is -2.23. The summed E-state index contributed by atoms with van der Waals surface area (Å²) < 4.78 is 3.22. The molecule has 1 heterocycles. The van der Waals surface area contributed by atoms with Crippen LogP contribution in [0.15, 0.2) is 4.47 Å². The minimum absolute atomic E-state index is 0.205. The molecule has 1 unspecified atom stereocenters. The molecule has 1 N–H and O–H groups in total. The van der Waals surface area contributed by atoms with Gasteiger partial charge in [-0.1, -0.05) is 13.8 Å². The van der Waals surface area contributed by atoms with E-state index in [-0.39, 0.29) is 5.54 Å². The fourth-order valence-corrected chi connectivity index (χ4v) is 2.87. The molecule has 1 aromatic rings. The minimum atomic E-state index is 0.205. The number of hydrogen-bond donors (Lipinski definition) is 1. The van der Waals surface area contributed by atoms with Gasteiger partial charge in [0.15, 0.2) is 0 Å². The Kier molecular flexibility index (Phi) is 6.06. The Balaban J connectivity index is 2.50. The molecule has 0 aliphatic heterocycles. The van der Waals surface area contributed by atoms with Gasteiger partial charge in [0.25, 0.3) is 0 Å². The fraction of sp³-hybridized carbons (Fsp3) is 0.800. The van der Waals surface area contributed by atoms with Gasteiger partial charge >= 0.3 is 0 Å². The maximum atomic E-state index is 4.55. The molecule has 1 aromatic heterocycles. The number of nitrogens with one attached hydrogen (secondary N) is 1. The van der Waals surface area contributed by atoms with Crippen molar-refractivity contribution in [2.75, 3.05) is 6.54 Å². The van der Waals surface area contributed by atoms with Gasteiger partial charge < -0.3 is 5.32 Å². The molecule has 1 rings (SSSR count). The summed E-state index contributed by atoms with van der Waals surface area (Å²) in [6.45, 7) is 12.2. The van der Waals surface area contributed by atoms with Crippen LogP contribution in [0.1, 0.15) is 52.4 Å². The zero-order valence-electron chi connectivity index (χ0n) is 13.2. The first-order chi connectivity index (χ1) is 8.74. The quantitative estimate of drug-likeness (QED) is 0.862. The Morgan fingerprint density at radius 2 is 2.00 bits per heavy atom. The molecule has 0 aliphatic rings. The molecule has 0 spiro atoms. The first-order valence-corrected chi connectivity index (χ1v) is 7.99. The largest absolute Gasteiger partial charge is 0.312 e. The van der Waals surface area contributed by atoms with Crippen LogP contribution in [0.2, 0.25) is 0 Å². The monoisotopic (exact) mass is 329 g/mol. The van der Waals surface area contributed by atoms with E-state index in [1.807, 2.05) is 11.7 Å². The highest BCUT2D eigenvalue weighted by molar-refractivity contribution is 9.10. The lowest BCUT2D eigenvalue weighted by molar-refractivity contribution is 0.371. The lowest BCUT2D eigenvalue weighted by Crippen LogP contribution is -2.38. The van der Waals surface area contributed by atoms with Crippen molar-refractivity contribution in [3.8, 4) is 0 Å². The summed E-state index contributed by atoms with van der Waals surface area (Å²) in [5, 5.41) is 8.12. The third-order valence-electron chi connectivity index (χ3n) is 3.36. The summed E-state index contributed by atoms with van der Waals surface area (Å²) in [6, 6.07) is 0. The Labute approximate surface area is 126 Å². The average Bonchev–Trinajstić information content (AvgIpc) is 2.58. The smallest absolute Gasteiger partial charge is 0.0766 e. The number of hydrogen-bond acceptors (Lipinski definition) is 2. The highest BCUT2D eigenvalue weighted by atomic mass is 79.9. The second kappa shape index (κ2) is 6.89. The number of halogens is 1. The molecule has 0 saturated heterocycles. The van der Waals surface area contributed by atoms with Gasteiger partial charge in [-0.25, -0.2) is 0 Å². The second-order valence-electron chi connectivity index (χ2n) is 6.46. The van der Waals surface area contributed by atoms with Gasteiger partial charge in [-0.05, 0) is 68.4 Å². The van der Waals surface area contributed by atoms with E-state index in [2.05, 4.69) is 61.0 Å². The molecule has 110 valence electrons. The first-order valence-electron chi connectivity index (χ1n) is 7.20. The highest BCUT2D eigenvalue weighted by Gasteiger charge is 2.15. The molecule has 0 aliphatic carbocycles. The zero-order chi connectivity index (χ0) is 14.6. The van der Waals surface area contributed by atoms with Crippen molar-refractivity contribution in [1.82, 2.24) is 15.1 Å². The fourth-order valence-electron chi connectivity index (χ4n) is 2.06. The molecule has 0 aromatic carbocycles. The minimum Gasteiger partial charge on any atom is -0.312 e. The number of nitrogens with zero attached hydrogens (tertiary/aromatic N) is 2. The Morgan fingerprint density at radius 3 is 2.47 bits per heavy atom. The summed E-state index contributed by atoms with van der Waals surface area (Å²) in [7, 11) is 2.04. The molecular formula is C15H28BrN3. The maximum absolute atomic E-state index is 4.55. The van der Waals surface area contributed by atoms with E-state index >= 15 is 0 Å². The molecule has 0 saturated carbocycles. The lowest BCUT2D eigenvalue weighted by atomic mass is 10.0. The SMILES string of the molecule is CCc1nn(C)c(CCC(C)CNC(C)(C)C)c1Br. The second-order valence-corrected chi connectivity index (χ2v) is 7.25. The summed E-state index contributed by atoms with van der Waals surface area (Å²) in [4.78, 5) is 0. The molecular weight excluding hydrogens is 302 g/mol. The summed E-state index contributed by atoms with van der Waals surface area (Å²) in [5.41, 5.74) is 2.69. The van der Waals surface area contributed by atoms with Crippen LogP contribution in [-0.2, 0) is 19.9 Å². The van der Waals surface area contributed by atoms with Crippen LogP contribution in [0.3, 0.4) is 0 Å². The normalized spacial score (nSPS) is 13.8. The van der Waals surface area contributed by atoms with E-state index in [0.29, 0.717) is 5.92 Å². The van der Waals surface area contributed by atoms with Crippen LogP contribution in [0.4, 0.5) is 0 Å². The van der Waals surface area contributed by atoms with Gasteiger partial charge in [0, 0.05) is 12.6 Å². The van der Waals surface area contributed by atoms with Gasteiger partial charge in [-0.15, -0.1) is 0 Å². The zero-order valence-corrected chi connectivity index (χ0v) is 14.8. The van der Waals surface area contributed by atoms with Crippen molar-refractivity contribution in [2.24, 2.45) is 13.0 Å². The molecule has 1 atom stereocenters. The summed E-state index contributed by atoms with van der Waals surface area (Å²) in [5.74, 6) is 0.672. The Hall–Kier alpha value is -0.350. The van der Waals surface area contributed by atoms with E-state index in [1.54, 1.807) is 0 Å². The van der Waals surface area contributed by atoms with Crippen LogP contribution >= 0.6 is 15.9 Å². The molecule has 0 amide bonds. The van der Waals surface area contributed by atoms with Gasteiger partial charge in [0.2, 0.25) is 0 Å². The van der Waals surface area contributed by atoms with E-state index in [1.165, 1.54) is 16.6 Å². The molecule has 4 heteroatoms. The number of aromatic nitrogens is 2. The van der Waals surface area contributed by atoms with Crippen LogP contribution in [0.25, 0.3) is 0 Å². The third-order valence-corrected chi connectivity index (χ3v) is 4.27. The molecule has 0 radical (unpaired) electrons. The van der Waals surface area contributed by atoms with Crippen molar-refractivity contribution >= 4 is 15.9 Å².